The van der Waals surface area contributed by atoms with Gasteiger partial charge in [-0.05, 0) is 36.4 Å². The van der Waals surface area contributed by atoms with Crippen LogP contribution in [0.5, 0.6) is 0 Å². The Labute approximate surface area is 153 Å². The smallest absolute Gasteiger partial charge is 0.279 e. The molecule has 0 radical (unpaired) electrons. The molecule has 0 saturated heterocycles. The van der Waals surface area contributed by atoms with Gasteiger partial charge in [-0.1, -0.05) is 17.4 Å². The highest BCUT2D eigenvalue weighted by Gasteiger charge is 2.18. The highest BCUT2D eigenvalue weighted by atomic mass is 32.2. The molecule has 136 valence electrons. The van der Waals surface area contributed by atoms with Crippen LogP contribution in [-0.2, 0) is 17.1 Å². The molecule has 1 heterocycles. The summed E-state index contributed by atoms with van der Waals surface area (Å²) < 4.78 is 41.2. The number of aromatic nitrogens is 1. The van der Waals surface area contributed by atoms with Crippen molar-refractivity contribution in [1.29, 1.82) is 0 Å². The lowest BCUT2D eigenvalue weighted by molar-refractivity contribution is 0.0997. The van der Waals surface area contributed by atoms with E-state index in [1.54, 1.807) is 17.7 Å². The Bertz CT molecular complexity index is 1180. The quantitative estimate of drug-likeness (QED) is 0.686. The number of carbonyl (C=O) groups is 1. The van der Waals surface area contributed by atoms with Crippen molar-refractivity contribution in [3.05, 3.63) is 58.6 Å². The van der Waals surface area contributed by atoms with Crippen molar-refractivity contribution in [3.8, 4) is 0 Å². The molecule has 0 atom stereocenters. The second kappa shape index (κ2) is 6.75. The summed E-state index contributed by atoms with van der Waals surface area (Å²) in [6, 6.07) is 10.1. The van der Waals surface area contributed by atoms with E-state index in [9.17, 15) is 17.6 Å². The van der Waals surface area contributed by atoms with E-state index in [0.29, 0.717) is 9.50 Å². The molecule has 1 aromatic heterocycles. The fourth-order valence-corrected chi connectivity index (χ4v) is 4.36. The molecule has 1 amide bonds. The van der Waals surface area contributed by atoms with Gasteiger partial charge in [0.15, 0.2) is 4.80 Å². The average molecular weight is 393 g/mol. The van der Waals surface area contributed by atoms with Crippen molar-refractivity contribution in [2.75, 3.05) is 14.1 Å². The summed E-state index contributed by atoms with van der Waals surface area (Å²) in [6.45, 7) is 0. The van der Waals surface area contributed by atoms with Crippen molar-refractivity contribution >= 4 is 37.5 Å². The standard InChI is InChI=1S/C17H16FN3O3S2/c1-20(2)26(23,24)13-6-4-5-11(9-13)16(22)19-17-21(3)14-8-7-12(18)10-15(14)25-17/h4-10H,1-3H3. The molecular formula is C17H16FN3O3S2. The molecule has 0 N–H and O–H groups in total. The number of nitrogens with zero attached hydrogens (tertiary/aromatic N) is 3. The molecule has 6 nitrogen and oxygen atoms in total. The van der Waals surface area contributed by atoms with Crippen LogP contribution in [0.15, 0.2) is 52.4 Å². The van der Waals surface area contributed by atoms with E-state index in [4.69, 9.17) is 0 Å². The topological polar surface area (TPSA) is 71.7 Å². The number of halogens is 1. The first-order valence-corrected chi connectivity index (χ1v) is 9.82. The zero-order chi connectivity index (χ0) is 19.1. The second-order valence-corrected chi connectivity index (χ2v) is 8.95. The van der Waals surface area contributed by atoms with Gasteiger partial charge in [-0.25, -0.2) is 17.1 Å². The Morgan fingerprint density at radius 1 is 1.19 bits per heavy atom. The fourth-order valence-electron chi connectivity index (χ4n) is 2.37. The molecule has 3 aromatic rings. The van der Waals surface area contributed by atoms with Crippen LogP contribution in [0.4, 0.5) is 4.39 Å². The molecule has 9 heteroatoms. The summed E-state index contributed by atoms with van der Waals surface area (Å²) in [6.07, 6.45) is 0. The van der Waals surface area contributed by atoms with Crippen LogP contribution in [0.25, 0.3) is 10.2 Å². The molecule has 0 aliphatic rings. The first-order valence-electron chi connectivity index (χ1n) is 7.57. The van der Waals surface area contributed by atoms with Gasteiger partial charge in [0.1, 0.15) is 5.82 Å². The van der Waals surface area contributed by atoms with Gasteiger partial charge in [0.05, 0.1) is 15.1 Å². The van der Waals surface area contributed by atoms with E-state index >= 15 is 0 Å². The number of rotatable bonds is 3. The average Bonchev–Trinajstić information content (AvgIpc) is 2.89. The SMILES string of the molecule is CN(C)S(=O)(=O)c1cccc(C(=O)N=c2sc3cc(F)ccc3n2C)c1. The van der Waals surface area contributed by atoms with Crippen LogP contribution in [0, 0.1) is 5.82 Å². The summed E-state index contributed by atoms with van der Waals surface area (Å²) in [5, 5.41) is 0. The van der Waals surface area contributed by atoms with Crippen LogP contribution >= 0.6 is 11.3 Å². The predicted octanol–water partition coefficient (Wildman–Crippen LogP) is 2.37. The van der Waals surface area contributed by atoms with Crippen molar-refractivity contribution in [1.82, 2.24) is 8.87 Å². The first-order chi connectivity index (χ1) is 12.2. The van der Waals surface area contributed by atoms with Gasteiger partial charge in [0, 0.05) is 26.7 Å². The number of hydrogen-bond donors (Lipinski definition) is 0. The van der Waals surface area contributed by atoms with E-state index in [1.807, 2.05) is 0 Å². The maximum atomic E-state index is 13.4. The van der Waals surface area contributed by atoms with Gasteiger partial charge in [0.2, 0.25) is 10.0 Å². The van der Waals surface area contributed by atoms with Gasteiger partial charge >= 0.3 is 0 Å². The molecule has 0 saturated carbocycles. The monoisotopic (exact) mass is 393 g/mol. The zero-order valence-electron chi connectivity index (χ0n) is 14.3. The summed E-state index contributed by atoms with van der Waals surface area (Å²) in [7, 11) is 0.930. The minimum absolute atomic E-state index is 0.0198. The van der Waals surface area contributed by atoms with Crippen LogP contribution in [-0.4, -0.2) is 37.3 Å². The van der Waals surface area contributed by atoms with Crippen LogP contribution in [0.3, 0.4) is 0 Å². The van der Waals surface area contributed by atoms with E-state index in [1.165, 1.54) is 61.8 Å². The third kappa shape index (κ3) is 3.33. The van der Waals surface area contributed by atoms with Crippen LogP contribution in [0.1, 0.15) is 10.4 Å². The molecule has 0 aliphatic carbocycles. The van der Waals surface area contributed by atoms with Crippen LogP contribution < -0.4 is 4.80 Å². The Hall–Kier alpha value is -2.36. The summed E-state index contributed by atoms with van der Waals surface area (Å²) in [4.78, 5) is 17.0. The normalized spacial score (nSPS) is 12.9. The minimum Gasteiger partial charge on any atom is -0.319 e. The van der Waals surface area contributed by atoms with E-state index in [-0.39, 0.29) is 16.3 Å². The molecule has 0 aliphatic heterocycles. The van der Waals surface area contributed by atoms with Crippen LogP contribution in [0.2, 0.25) is 0 Å². The number of sulfonamides is 1. The molecule has 2 aromatic carbocycles. The molecule has 0 spiro atoms. The Morgan fingerprint density at radius 2 is 1.92 bits per heavy atom. The van der Waals surface area contributed by atoms with Gasteiger partial charge in [-0.2, -0.15) is 4.99 Å². The molecule has 26 heavy (non-hydrogen) atoms. The number of hydrogen-bond acceptors (Lipinski definition) is 4. The highest BCUT2D eigenvalue weighted by Crippen LogP contribution is 2.18. The molecule has 3 rings (SSSR count). The van der Waals surface area contributed by atoms with Crippen molar-refractivity contribution in [3.63, 3.8) is 0 Å². The number of thiazole rings is 1. The lowest BCUT2D eigenvalue weighted by Crippen LogP contribution is -2.22. The summed E-state index contributed by atoms with van der Waals surface area (Å²) in [5.41, 5.74) is 0.920. The van der Waals surface area contributed by atoms with E-state index in [2.05, 4.69) is 4.99 Å². The number of carbonyl (C=O) groups excluding carboxylic acids is 1. The number of aryl methyl sites for hydroxylation is 1. The van der Waals surface area contributed by atoms with Gasteiger partial charge < -0.3 is 4.57 Å². The Morgan fingerprint density at radius 3 is 2.62 bits per heavy atom. The minimum atomic E-state index is -3.64. The fraction of sp³-hybridized carbons (Fsp3) is 0.176. The van der Waals surface area contributed by atoms with Gasteiger partial charge in [-0.3, -0.25) is 4.79 Å². The maximum absolute atomic E-state index is 13.4. The number of amides is 1. The van der Waals surface area contributed by atoms with Crippen molar-refractivity contribution < 1.29 is 17.6 Å². The maximum Gasteiger partial charge on any atom is 0.279 e. The zero-order valence-corrected chi connectivity index (χ0v) is 15.9. The third-order valence-corrected chi connectivity index (χ3v) is 6.73. The summed E-state index contributed by atoms with van der Waals surface area (Å²) in [5.74, 6) is -0.928. The number of benzene rings is 2. The van der Waals surface area contributed by atoms with E-state index in [0.717, 1.165) is 9.82 Å². The molecular weight excluding hydrogens is 377 g/mol. The largest absolute Gasteiger partial charge is 0.319 e. The Balaban J connectivity index is 2.06. The first kappa shape index (κ1) is 18.4. The second-order valence-electron chi connectivity index (χ2n) is 5.79. The molecule has 0 fully saturated rings. The lowest BCUT2D eigenvalue weighted by Gasteiger charge is -2.11. The van der Waals surface area contributed by atoms with Gasteiger partial charge in [0.25, 0.3) is 5.91 Å². The van der Waals surface area contributed by atoms with Crippen molar-refractivity contribution in [2.24, 2.45) is 12.0 Å². The van der Waals surface area contributed by atoms with Crippen molar-refractivity contribution in [2.45, 2.75) is 4.90 Å². The highest BCUT2D eigenvalue weighted by molar-refractivity contribution is 7.89. The van der Waals surface area contributed by atoms with E-state index < -0.39 is 15.9 Å². The van der Waals surface area contributed by atoms with Gasteiger partial charge in [-0.15, -0.1) is 0 Å². The molecule has 0 bridgehead atoms. The predicted molar refractivity (Wildman–Crippen MR) is 98.0 cm³/mol. The number of fused-ring (bicyclic) bond motifs is 1. The third-order valence-electron chi connectivity index (χ3n) is 3.83. The molecule has 0 unspecified atom stereocenters. The summed E-state index contributed by atoms with van der Waals surface area (Å²) >= 11 is 1.18. The lowest BCUT2D eigenvalue weighted by atomic mass is 10.2. The Kier molecular flexibility index (Phi) is 4.78.